The monoisotopic (exact) mass is 368 g/mol. The summed E-state index contributed by atoms with van der Waals surface area (Å²) in [7, 11) is -1.74. The smallest absolute Gasteiger partial charge is 0.426 e. The van der Waals surface area contributed by atoms with Crippen molar-refractivity contribution < 1.29 is 19.6 Å². The predicted molar refractivity (Wildman–Crippen MR) is 104 cm³/mol. The fourth-order valence-electron chi connectivity index (χ4n) is 2.55. The highest BCUT2D eigenvalue weighted by Gasteiger charge is 2.38. The summed E-state index contributed by atoms with van der Waals surface area (Å²) in [6.07, 6.45) is 0.242. The molecule has 0 aliphatic rings. The van der Waals surface area contributed by atoms with Crippen LogP contribution in [0.3, 0.4) is 0 Å². The summed E-state index contributed by atoms with van der Waals surface area (Å²) in [4.78, 5) is 25.1. The number of carbonyl (C=O) groups excluding carboxylic acids is 2. The van der Waals surface area contributed by atoms with Gasteiger partial charge in [0.2, 0.25) is 11.8 Å². The quantitative estimate of drug-likeness (QED) is 0.414. The molecule has 0 aromatic heterocycles. The van der Waals surface area contributed by atoms with Gasteiger partial charge in [-0.25, -0.2) is 0 Å². The first-order valence-corrected chi connectivity index (χ1v) is 8.84. The third-order valence-electron chi connectivity index (χ3n) is 4.41. The molecule has 2 aromatic rings. The molecule has 0 spiro atoms. The van der Waals surface area contributed by atoms with E-state index in [0.717, 1.165) is 11.1 Å². The van der Waals surface area contributed by atoms with E-state index in [9.17, 15) is 19.6 Å². The average Bonchev–Trinajstić information content (AvgIpc) is 2.66. The molecular formula is C20H25BN2O4. The Labute approximate surface area is 159 Å². The lowest BCUT2D eigenvalue weighted by molar-refractivity contribution is -0.141. The highest BCUT2D eigenvalue weighted by molar-refractivity contribution is 6.43. The van der Waals surface area contributed by atoms with Crippen molar-refractivity contribution in [3.63, 3.8) is 0 Å². The van der Waals surface area contributed by atoms with Gasteiger partial charge >= 0.3 is 7.12 Å². The Morgan fingerprint density at radius 1 is 0.926 bits per heavy atom. The van der Waals surface area contributed by atoms with Crippen molar-refractivity contribution in [2.75, 3.05) is 0 Å². The van der Waals surface area contributed by atoms with Gasteiger partial charge in [0.15, 0.2) is 0 Å². The Morgan fingerprint density at radius 3 is 1.96 bits per heavy atom. The normalized spacial score (nSPS) is 12.1. The number of carbonyl (C=O) groups is 2. The molecule has 0 aliphatic carbocycles. The van der Waals surface area contributed by atoms with Crippen LogP contribution < -0.4 is 10.6 Å². The van der Waals surface area contributed by atoms with E-state index in [-0.39, 0.29) is 6.42 Å². The van der Waals surface area contributed by atoms with Crippen LogP contribution in [0.15, 0.2) is 60.7 Å². The first-order chi connectivity index (χ1) is 12.8. The van der Waals surface area contributed by atoms with Gasteiger partial charge < -0.3 is 20.7 Å². The summed E-state index contributed by atoms with van der Waals surface area (Å²) in [6, 6.07) is 18.6. The second-order valence-corrected chi connectivity index (χ2v) is 6.98. The van der Waals surface area contributed by atoms with Gasteiger partial charge in [-0.05, 0) is 31.4 Å². The number of hydrogen-bond donors (Lipinski definition) is 4. The first kappa shape index (κ1) is 20.7. The second kappa shape index (κ2) is 9.34. The molecule has 2 aromatic carbocycles. The van der Waals surface area contributed by atoms with Gasteiger partial charge in [-0.3, -0.25) is 9.59 Å². The Balaban J connectivity index is 1.98. The van der Waals surface area contributed by atoms with Gasteiger partial charge in [0.25, 0.3) is 0 Å². The Kier molecular flexibility index (Phi) is 7.16. The standard InChI is InChI=1S/C20H25BN2O4/c1-20(2,18(24)22-14-16-11-7-4-8-12-16)19(25)23-17(21(26)27)13-15-9-5-3-6-10-15/h3-12,17,26-27H,13-14H2,1-2H3,(H,22,24)(H,23,25)/t17-/m0/s1. The number of amides is 2. The van der Waals surface area contributed by atoms with Crippen LogP contribution in [-0.4, -0.2) is 34.9 Å². The molecule has 0 unspecified atom stereocenters. The molecule has 4 N–H and O–H groups in total. The van der Waals surface area contributed by atoms with Crippen molar-refractivity contribution in [2.45, 2.75) is 32.8 Å². The van der Waals surface area contributed by atoms with Crippen LogP contribution in [0, 0.1) is 5.41 Å². The van der Waals surface area contributed by atoms with Crippen molar-refractivity contribution in [2.24, 2.45) is 5.41 Å². The maximum atomic E-state index is 12.6. The van der Waals surface area contributed by atoms with Crippen LogP contribution in [0.4, 0.5) is 0 Å². The van der Waals surface area contributed by atoms with Crippen molar-refractivity contribution in [3.8, 4) is 0 Å². The molecule has 0 heterocycles. The molecule has 2 rings (SSSR count). The minimum absolute atomic E-state index is 0.242. The molecule has 1 atom stereocenters. The van der Waals surface area contributed by atoms with Crippen LogP contribution in [0.1, 0.15) is 25.0 Å². The highest BCUT2D eigenvalue weighted by Crippen LogP contribution is 2.17. The molecule has 0 fully saturated rings. The van der Waals surface area contributed by atoms with Crippen molar-refractivity contribution >= 4 is 18.9 Å². The van der Waals surface area contributed by atoms with Crippen molar-refractivity contribution in [1.82, 2.24) is 10.6 Å². The predicted octanol–water partition coefficient (Wildman–Crippen LogP) is 1.07. The molecule has 6 nitrogen and oxygen atoms in total. The fraction of sp³-hybridized carbons (Fsp3) is 0.300. The lowest BCUT2D eigenvalue weighted by atomic mass is 9.75. The molecule has 0 radical (unpaired) electrons. The third kappa shape index (κ3) is 5.94. The topological polar surface area (TPSA) is 98.7 Å². The van der Waals surface area contributed by atoms with E-state index in [0.29, 0.717) is 6.54 Å². The summed E-state index contributed by atoms with van der Waals surface area (Å²) in [5.41, 5.74) is 0.413. The van der Waals surface area contributed by atoms with Gasteiger partial charge in [0.05, 0.1) is 5.94 Å². The minimum Gasteiger partial charge on any atom is -0.426 e. The minimum atomic E-state index is -1.74. The van der Waals surface area contributed by atoms with Crippen LogP contribution in [0.2, 0.25) is 0 Å². The zero-order valence-corrected chi connectivity index (χ0v) is 15.6. The number of nitrogens with one attached hydrogen (secondary N) is 2. The second-order valence-electron chi connectivity index (χ2n) is 6.98. The van der Waals surface area contributed by atoms with E-state index in [1.165, 1.54) is 13.8 Å². The Hall–Kier alpha value is -2.64. The van der Waals surface area contributed by atoms with E-state index in [1.807, 2.05) is 60.7 Å². The van der Waals surface area contributed by atoms with Crippen LogP contribution >= 0.6 is 0 Å². The van der Waals surface area contributed by atoms with Crippen LogP contribution in [0.25, 0.3) is 0 Å². The maximum absolute atomic E-state index is 12.6. The molecule has 0 saturated heterocycles. The summed E-state index contributed by atoms with van der Waals surface area (Å²) in [6.45, 7) is 3.32. The summed E-state index contributed by atoms with van der Waals surface area (Å²) in [5, 5.41) is 24.6. The molecule has 2 amide bonds. The molecule has 142 valence electrons. The van der Waals surface area contributed by atoms with E-state index in [2.05, 4.69) is 10.6 Å². The van der Waals surface area contributed by atoms with E-state index >= 15 is 0 Å². The molecule has 0 bridgehead atoms. The van der Waals surface area contributed by atoms with E-state index in [4.69, 9.17) is 0 Å². The lowest BCUT2D eigenvalue weighted by Crippen LogP contribution is -2.55. The lowest BCUT2D eigenvalue weighted by Gasteiger charge is -2.26. The van der Waals surface area contributed by atoms with Gasteiger partial charge in [0, 0.05) is 6.54 Å². The van der Waals surface area contributed by atoms with Gasteiger partial charge in [0.1, 0.15) is 5.41 Å². The Morgan fingerprint density at radius 2 is 1.44 bits per heavy atom. The summed E-state index contributed by atoms with van der Waals surface area (Å²) in [5.74, 6) is -1.92. The zero-order valence-electron chi connectivity index (χ0n) is 15.6. The SMILES string of the molecule is CC(C)(C(=O)NCc1ccccc1)C(=O)N[C@@H](Cc1ccccc1)B(O)O. The fourth-order valence-corrected chi connectivity index (χ4v) is 2.55. The summed E-state index contributed by atoms with van der Waals surface area (Å²) < 4.78 is 0. The largest absolute Gasteiger partial charge is 0.475 e. The van der Waals surface area contributed by atoms with Gasteiger partial charge in [-0.15, -0.1) is 0 Å². The number of hydrogen-bond acceptors (Lipinski definition) is 4. The first-order valence-electron chi connectivity index (χ1n) is 8.84. The van der Waals surface area contributed by atoms with Gasteiger partial charge in [-0.1, -0.05) is 60.7 Å². The highest BCUT2D eigenvalue weighted by atomic mass is 16.4. The molecule has 0 aliphatic heterocycles. The van der Waals surface area contributed by atoms with Crippen LogP contribution in [0.5, 0.6) is 0 Å². The zero-order chi connectivity index (χ0) is 19.9. The van der Waals surface area contributed by atoms with Gasteiger partial charge in [-0.2, -0.15) is 0 Å². The Bertz CT molecular complexity index is 751. The van der Waals surface area contributed by atoms with Crippen LogP contribution in [-0.2, 0) is 22.6 Å². The maximum Gasteiger partial charge on any atom is 0.475 e. The third-order valence-corrected chi connectivity index (χ3v) is 4.41. The van der Waals surface area contributed by atoms with Crippen molar-refractivity contribution in [1.29, 1.82) is 0 Å². The van der Waals surface area contributed by atoms with Crippen molar-refractivity contribution in [3.05, 3.63) is 71.8 Å². The molecule has 27 heavy (non-hydrogen) atoms. The van der Waals surface area contributed by atoms with E-state index in [1.54, 1.807) is 0 Å². The molecular weight excluding hydrogens is 343 g/mol. The number of benzene rings is 2. The molecule has 0 saturated carbocycles. The molecule has 7 heteroatoms. The van der Waals surface area contributed by atoms with E-state index < -0.39 is 30.3 Å². The average molecular weight is 368 g/mol. The summed E-state index contributed by atoms with van der Waals surface area (Å²) >= 11 is 0. The number of rotatable bonds is 8.